The molecule has 21 heavy (non-hydrogen) atoms. The van der Waals surface area contributed by atoms with Gasteiger partial charge in [0.15, 0.2) is 0 Å². The summed E-state index contributed by atoms with van der Waals surface area (Å²) in [4.78, 5) is 11.3. The fraction of sp³-hybridized carbons (Fsp3) is 0.462. The first kappa shape index (κ1) is 17.9. The van der Waals surface area contributed by atoms with Gasteiger partial charge in [-0.25, -0.2) is 4.79 Å². The van der Waals surface area contributed by atoms with Crippen molar-refractivity contribution in [3.63, 3.8) is 0 Å². The summed E-state index contributed by atoms with van der Waals surface area (Å²) in [5.41, 5.74) is -1.24. The van der Waals surface area contributed by atoms with E-state index in [0.29, 0.717) is 0 Å². The fourth-order valence-electron chi connectivity index (χ4n) is 2.18. The van der Waals surface area contributed by atoms with Crippen LogP contribution in [-0.2, 0) is 10.9 Å². The minimum absolute atomic E-state index is 0. The second kappa shape index (κ2) is 5.93. The number of ether oxygens (including phenoxy) is 1. The minimum Gasteiger partial charge on any atom is -0.449 e. The van der Waals surface area contributed by atoms with Crippen LogP contribution in [0.5, 0.6) is 0 Å². The molecule has 118 valence electrons. The van der Waals surface area contributed by atoms with Crippen LogP contribution < -0.4 is 5.32 Å². The third-order valence-corrected chi connectivity index (χ3v) is 3.69. The highest BCUT2D eigenvalue weighted by molar-refractivity contribution is 6.32. The van der Waals surface area contributed by atoms with Crippen LogP contribution in [0.1, 0.15) is 31.0 Å². The van der Waals surface area contributed by atoms with E-state index in [1.54, 1.807) is 13.8 Å². The summed E-state index contributed by atoms with van der Waals surface area (Å²) in [5, 5.41) is 2.14. The lowest BCUT2D eigenvalue weighted by Crippen LogP contribution is -2.47. The molecule has 0 bridgehead atoms. The molecule has 1 atom stereocenters. The summed E-state index contributed by atoms with van der Waals surface area (Å²) in [6, 6.07) is 3.04. The number of carbonyl (C=O) groups is 1. The summed E-state index contributed by atoms with van der Waals surface area (Å²) in [7, 11) is 0. The van der Waals surface area contributed by atoms with Gasteiger partial charge >= 0.3 is 12.3 Å². The van der Waals surface area contributed by atoms with Gasteiger partial charge in [-0.3, -0.25) is 0 Å². The zero-order chi connectivity index (χ0) is 15.1. The Morgan fingerprint density at radius 1 is 1.38 bits per heavy atom. The molecule has 1 heterocycles. The minimum atomic E-state index is -4.54. The van der Waals surface area contributed by atoms with Gasteiger partial charge in [0.25, 0.3) is 0 Å². The predicted molar refractivity (Wildman–Crippen MR) is 74.7 cm³/mol. The summed E-state index contributed by atoms with van der Waals surface area (Å²) < 4.78 is 43.5. The molecule has 0 spiro atoms. The summed E-state index contributed by atoms with van der Waals surface area (Å²) >= 11 is 5.89. The number of carbonyl (C=O) groups excluding carboxylic acids is 1. The van der Waals surface area contributed by atoms with Crippen LogP contribution in [-0.4, -0.2) is 12.7 Å². The smallest absolute Gasteiger partial charge is 0.417 e. The maximum absolute atomic E-state index is 12.9. The molecule has 0 saturated carbocycles. The molecule has 0 aliphatic carbocycles. The van der Waals surface area contributed by atoms with Crippen LogP contribution in [0.25, 0.3) is 0 Å². The van der Waals surface area contributed by atoms with Gasteiger partial charge in [0.05, 0.1) is 16.6 Å². The van der Waals surface area contributed by atoms with Gasteiger partial charge in [0, 0.05) is 5.41 Å². The van der Waals surface area contributed by atoms with Crippen LogP contribution in [0.3, 0.4) is 0 Å². The van der Waals surface area contributed by atoms with Crippen molar-refractivity contribution in [2.75, 3.05) is 6.61 Å². The van der Waals surface area contributed by atoms with E-state index in [1.807, 2.05) is 0 Å². The van der Waals surface area contributed by atoms with Crippen LogP contribution in [0.4, 0.5) is 18.0 Å². The number of cyclic esters (lactones) is 1. The topological polar surface area (TPSA) is 38.3 Å². The number of halogens is 5. The van der Waals surface area contributed by atoms with E-state index in [2.05, 4.69) is 5.32 Å². The van der Waals surface area contributed by atoms with E-state index in [1.165, 1.54) is 12.1 Å². The average Bonchev–Trinajstić information content (AvgIpc) is 2.31. The summed E-state index contributed by atoms with van der Waals surface area (Å²) in [5.74, 6) is 0. The maximum Gasteiger partial charge on any atom is 0.417 e. The molecule has 1 aromatic rings. The van der Waals surface area contributed by atoms with Gasteiger partial charge in [-0.15, -0.1) is 12.4 Å². The van der Waals surface area contributed by atoms with Crippen molar-refractivity contribution in [3.8, 4) is 0 Å². The molecule has 1 aliphatic heterocycles. The van der Waals surface area contributed by atoms with Gasteiger partial charge in [-0.05, 0) is 11.6 Å². The molecule has 8 heteroatoms. The third kappa shape index (κ3) is 3.55. The summed E-state index contributed by atoms with van der Waals surface area (Å²) in [6.45, 7) is 3.68. The van der Waals surface area contributed by atoms with Crippen LogP contribution >= 0.6 is 24.0 Å². The van der Waals surface area contributed by atoms with E-state index in [-0.39, 0.29) is 29.6 Å². The Labute approximate surface area is 131 Å². The lowest BCUT2D eigenvalue weighted by molar-refractivity contribution is -0.137. The first-order chi connectivity index (χ1) is 9.13. The van der Waals surface area contributed by atoms with Gasteiger partial charge in [0.2, 0.25) is 0 Å². The highest BCUT2D eigenvalue weighted by atomic mass is 35.5. The Balaban J connectivity index is 0.00000220. The Morgan fingerprint density at radius 2 is 2.00 bits per heavy atom. The molecule has 1 saturated heterocycles. The molecule has 0 unspecified atom stereocenters. The third-order valence-electron chi connectivity index (χ3n) is 3.26. The van der Waals surface area contributed by atoms with Crippen molar-refractivity contribution < 1.29 is 22.7 Å². The molecule has 1 fully saturated rings. The second-order valence-corrected chi connectivity index (χ2v) is 5.73. The molecule has 3 nitrogen and oxygen atoms in total. The van der Waals surface area contributed by atoms with Crippen molar-refractivity contribution in [1.82, 2.24) is 5.32 Å². The number of nitrogens with one attached hydrogen (secondary N) is 1. The highest BCUT2D eigenvalue weighted by Crippen LogP contribution is 2.43. The maximum atomic E-state index is 12.9. The Bertz CT molecular complexity index is 547. The number of rotatable bonds is 1. The number of alkyl halides is 3. The zero-order valence-corrected chi connectivity index (χ0v) is 12.8. The van der Waals surface area contributed by atoms with E-state index < -0.39 is 29.3 Å². The molecule has 1 aromatic carbocycles. The van der Waals surface area contributed by atoms with Gasteiger partial charge in [-0.2, -0.15) is 13.2 Å². The highest BCUT2D eigenvalue weighted by Gasteiger charge is 2.41. The molecule has 1 amide bonds. The molecule has 1 aliphatic rings. The van der Waals surface area contributed by atoms with Crippen LogP contribution in [0.15, 0.2) is 18.2 Å². The second-order valence-electron chi connectivity index (χ2n) is 5.35. The van der Waals surface area contributed by atoms with Crippen LogP contribution in [0, 0.1) is 5.41 Å². The number of hydrogen-bond donors (Lipinski definition) is 1. The fourth-order valence-corrected chi connectivity index (χ4v) is 2.52. The largest absolute Gasteiger partial charge is 0.449 e. The van der Waals surface area contributed by atoms with E-state index in [4.69, 9.17) is 16.3 Å². The molecular formula is C13H14Cl2F3NO2. The normalized spacial score (nSPS) is 21.0. The van der Waals surface area contributed by atoms with E-state index >= 15 is 0 Å². The predicted octanol–water partition coefficient (Wildman–Crippen LogP) is 4.59. The quantitative estimate of drug-likeness (QED) is 0.809. The standard InChI is InChI=1S/C13H13ClF3NO2.ClH/c1-12(2)6-20-11(19)18-10(12)7-4-3-5-8(9(7)14)13(15,16)17;/h3-5,10H,6H2,1-2H3,(H,18,19);1H/t10-;/m0./s1. The van der Waals surface area contributed by atoms with E-state index in [0.717, 1.165) is 6.07 Å². The van der Waals surface area contributed by atoms with Crippen molar-refractivity contribution in [3.05, 3.63) is 34.3 Å². The molecule has 2 rings (SSSR count). The van der Waals surface area contributed by atoms with Gasteiger partial charge in [0.1, 0.15) is 6.61 Å². The molecule has 0 aromatic heterocycles. The number of benzene rings is 1. The molecular weight excluding hydrogens is 330 g/mol. The molecule has 0 radical (unpaired) electrons. The Hall–Kier alpha value is -1.14. The molecule has 1 N–H and O–H groups in total. The lowest BCUT2D eigenvalue weighted by Gasteiger charge is -2.39. The number of hydrogen-bond acceptors (Lipinski definition) is 2. The monoisotopic (exact) mass is 343 g/mol. The zero-order valence-electron chi connectivity index (χ0n) is 11.3. The first-order valence-electron chi connectivity index (χ1n) is 5.92. The summed E-state index contributed by atoms with van der Waals surface area (Å²) in [6.07, 6.45) is -5.20. The van der Waals surface area contributed by atoms with Crippen LogP contribution in [0.2, 0.25) is 5.02 Å². The van der Waals surface area contributed by atoms with Crippen molar-refractivity contribution >= 4 is 30.1 Å². The van der Waals surface area contributed by atoms with Crippen molar-refractivity contribution in [2.45, 2.75) is 26.1 Å². The van der Waals surface area contributed by atoms with Crippen molar-refractivity contribution in [1.29, 1.82) is 0 Å². The van der Waals surface area contributed by atoms with Gasteiger partial charge in [-0.1, -0.05) is 37.6 Å². The van der Waals surface area contributed by atoms with Gasteiger partial charge < -0.3 is 10.1 Å². The Morgan fingerprint density at radius 3 is 2.57 bits per heavy atom. The van der Waals surface area contributed by atoms with Crippen molar-refractivity contribution in [2.24, 2.45) is 5.41 Å². The number of alkyl carbamates (subject to hydrolysis) is 1. The average molecular weight is 344 g/mol. The SMILES string of the molecule is CC1(C)COC(=O)N[C@H]1c1cccc(C(F)(F)F)c1Cl.Cl. The lowest BCUT2D eigenvalue weighted by atomic mass is 9.80. The Kier molecular flexibility index (Phi) is 5.05. The first-order valence-corrected chi connectivity index (χ1v) is 6.29. The number of amides is 1. The van der Waals surface area contributed by atoms with E-state index in [9.17, 15) is 18.0 Å².